The molecule has 5 heteroatoms. The molecule has 2 aliphatic carbocycles. The van der Waals surface area contributed by atoms with Crippen molar-refractivity contribution in [2.24, 2.45) is 22.7 Å². The summed E-state index contributed by atoms with van der Waals surface area (Å²) in [6.07, 6.45) is 6.82. The van der Waals surface area contributed by atoms with Gasteiger partial charge in [0.1, 0.15) is 5.54 Å². The lowest BCUT2D eigenvalue weighted by Gasteiger charge is -2.32. The van der Waals surface area contributed by atoms with Crippen molar-refractivity contribution in [2.75, 3.05) is 0 Å². The molecule has 4 N–H and O–H groups in total. The normalized spacial score (nSPS) is 31.5. The molecule has 0 saturated heterocycles. The minimum atomic E-state index is -0.620. The van der Waals surface area contributed by atoms with Crippen molar-refractivity contribution in [1.82, 2.24) is 5.32 Å². The maximum Gasteiger partial charge on any atom is 0.224 e. The van der Waals surface area contributed by atoms with Gasteiger partial charge in [0.15, 0.2) is 5.84 Å². The Morgan fingerprint density at radius 2 is 1.89 bits per heavy atom. The van der Waals surface area contributed by atoms with Gasteiger partial charge in [-0.05, 0) is 25.2 Å². The van der Waals surface area contributed by atoms with Crippen molar-refractivity contribution in [3.63, 3.8) is 0 Å². The molecule has 2 saturated carbocycles. The molecule has 5 nitrogen and oxygen atoms in total. The van der Waals surface area contributed by atoms with E-state index in [1.807, 2.05) is 0 Å². The zero-order valence-electron chi connectivity index (χ0n) is 11.0. The standard InChI is InChI=1S/C13H23N3O2/c1-9-8-10(9)11(17)15-13(12(14)16-18)6-4-2-3-5-7-13/h9-10,18H,2-8H2,1H3,(H2,14,16)(H,15,17). The number of oxime groups is 1. The number of amidine groups is 1. The Bertz CT molecular complexity index is 346. The maximum atomic E-state index is 12.1. The zero-order valence-corrected chi connectivity index (χ0v) is 11.0. The lowest BCUT2D eigenvalue weighted by molar-refractivity contribution is -0.124. The predicted molar refractivity (Wildman–Crippen MR) is 69.3 cm³/mol. The number of nitrogens with two attached hydrogens (primary N) is 1. The van der Waals surface area contributed by atoms with Crippen molar-refractivity contribution < 1.29 is 10.0 Å². The van der Waals surface area contributed by atoms with Crippen molar-refractivity contribution in [3.8, 4) is 0 Å². The molecule has 2 atom stereocenters. The Labute approximate surface area is 108 Å². The van der Waals surface area contributed by atoms with E-state index in [0.29, 0.717) is 5.92 Å². The van der Waals surface area contributed by atoms with E-state index in [1.165, 1.54) is 0 Å². The fourth-order valence-corrected chi connectivity index (χ4v) is 2.89. The van der Waals surface area contributed by atoms with Gasteiger partial charge in [-0.15, -0.1) is 0 Å². The van der Waals surface area contributed by atoms with Gasteiger partial charge in [-0.3, -0.25) is 4.79 Å². The molecule has 0 aromatic rings. The monoisotopic (exact) mass is 253 g/mol. The lowest BCUT2D eigenvalue weighted by atomic mass is 9.88. The highest BCUT2D eigenvalue weighted by molar-refractivity contribution is 5.95. The van der Waals surface area contributed by atoms with Crippen molar-refractivity contribution in [3.05, 3.63) is 0 Å². The summed E-state index contributed by atoms with van der Waals surface area (Å²) in [4.78, 5) is 12.1. The van der Waals surface area contributed by atoms with E-state index >= 15 is 0 Å². The van der Waals surface area contributed by atoms with Gasteiger partial charge >= 0.3 is 0 Å². The molecule has 0 spiro atoms. The molecular formula is C13H23N3O2. The van der Waals surface area contributed by atoms with Gasteiger partial charge in [-0.2, -0.15) is 0 Å². The average Bonchev–Trinajstić information content (AvgIpc) is 3.12. The number of hydrogen-bond acceptors (Lipinski definition) is 3. The number of amides is 1. The van der Waals surface area contributed by atoms with Crippen LogP contribution in [0.2, 0.25) is 0 Å². The first-order valence-corrected chi connectivity index (χ1v) is 6.89. The molecule has 2 fully saturated rings. The van der Waals surface area contributed by atoms with E-state index in [1.54, 1.807) is 0 Å². The highest BCUT2D eigenvalue weighted by Crippen LogP contribution is 2.39. The van der Waals surface area contributed by atoms with E-state index in [9.17, 15) is 4.79 Å². The second-order valence-corrected chi connectivity index (χ2v) is 5.79. The Kier molecular flexibility index (Phi) is 3.78. The van der Waals surface area contributed by atoms with Crippen LogP contribution in [-0.4, -0.2) is 22.5 Å². The lowest BCUT2D eigenvalue weighted by Crippen LogP contribution is -2.57. The maximum absolute atomic E-state index is 12.1. The molecule has 18 heavy (non-hydrogen) atoms. The Morgan fingerprint density at radius 1 is 1.33 bits per heavy atom. The van der Waals surface area contributed by atoms with Crippen LogP contribution in [0, 0.1) is 11.8 Å². The van der Waals surface area contributed by atoms with Crippen LogP contribution < -0.4 is 11.1 Å². The minimum absolute atomic E-state index is 0.0657. The third kappa shape index (κ3) is 2.60. The SMILES string of the molecule is CC1CC1C(=O)NC1(/C(N)=N/O)CCCCCC1. The first kappa shape index (κ1) is 13.2. The van der Waals surface area contributed by atoms with Gasteiger partial charge < -0.3 is 16.3 Å². The molecule has 0 radical (unpaired) electrons. The molecule has 0 aromatic heterocycles. The third-order valence-electron chi connectivity index (χ3n) is 4.36. The molecule has 0 aromatic carbocycles. The number of nitrogens with one attached hydrogen (secondary N) is 1. The second-order valence-electron chi connectivity index (χ2n) is 5.79. The van der Waals surface area contributed by atoms with Crippen molar-refractivity contribution in [2.45, 2.75) is 57.4 Å². The van der Waals surface area contributed by atoms with Crippen LogP contribution in [0.3, 0.4) is 0 Å². The average molecular weight is 253 g/mol. The van der Waals surface area contributed by atoms with Crippen LogP contribution in [0.25, 0.3) is 0 Å². The summed E-state index contributed by atoms with van der Waals surface area (Å²) < 4.78 is 0. The molecule has 2 aliphatic rings. The summed E-state index contributed by atoms with van der Waals surface area (Å²) in [7, 11) is 0. The van der Waals surface area contributed by atoms with Crippen molar-refractivity contribution in [1.29, 1.82) is 0 Å². The number of carbonyl (C=O) groups is 1. The van der Waals surface area contributed by atoms with E-state index in [-0.39, 0.29) is 17.7 Å². The van der Waals surface area contributed by atoms with Crippen LogP contribution >= 0.6 is 0 Å². The van der Waals surface area contributed by atoms with E-state index in [0.717, 1.165) is 44.9 Å². The molecule has 0 bridgehead atoms. The van der Waals surface area contributed by atoms with Crippen molar-refractivity contribution >= 4 is 11.7 Å². The van der Waals surface area contributed by atoms with Gasteiger partial charge in [0.05, 0.1) is 0 Å². The van der Waals surface area contributed by atoms with E-state index in [2.05, 4.69) is 17.4 Å². The van der Waals surface area contributed by atoms with Gasteiger partial charge in [0.25, 0.3) is 0 Å². The van der Waals surface area contributed by atoms with Gasteiger partial charge in [-0.25, -0.2) is 0 Å². The summed E-state index contributed by atoms with van der Waals surface area (Å²) in [5.41, 5.74) is 5.22. The topological polar surface area (TPSA) is 87.7 Å². The number of rotatable bonds is 3. The van der Waals surface area contributed by atoms with Gasteiger partial charge in [-0.1, -0.05) is 37.8 Å². The highest BCUT2D eigenvalue weighted by atomic mass is 16.4. The largest absolute Gasteiger partial charge is 0.409 e. The Morgan fingerprint density at radius 3 is 2.33 bits per heavy atom. The predicted octanol–water partition coefficient (Wildman–Crippen LogP) is 1.60. The van der Waals surface area contributed by atoms with E-state index in [4.69, 9.17) is 10.9 Å². The third-order valence-corrected chi connectivity index (χ3v) is 4.36. The quantitative estimate of drug-likeness (QED) is 0.235. The summed E-state index contributed by atoms with van der Waals surface area (Å²) in [5.74, 6) is 0.818. The molecule has 0 aliphatic heterocycles. The fraction of sp³-hybridized carbons (Fsp3) is 0.846. The molecular weight excluding hydrogens is 230 g/mol. The first-order chi connectivity index (χ1) is 8.59. The fourth-order valence-electron chi connectivity index (χ4n) is 2.89. The van der Waals surface area contributed by atoms with Crippen LogP contribution in [-0.2, 0) is 4.79 Å². The second kappa shape index (κ2) is 5.16. The molecule has 2 rings (SSSR count). The number of nitrogens with zero attached hydrogens (tertiary/aromatic N) is 1. The summed E-state index contributed by atoms with van der Waals surface area (Å²) >= 11 is 0. The zero-order chi connectivity index (χ0) is 13.2. The van der Waals surface area contributed by atoms with Crippen LogP contribution in [0.1, 0.15) is 51.9 Å². The molecule has 0 heterocycles. The number of carbonyl (C=O) groups excluding carboxylic acids is 1. The van der Waals surface area contributed by atoms with Gasteiger partial charge in [0, 0.05) is 5.92 Å². The Hall–Kier alpha value is -1.26. The smallest absolute Gasteiger partial charge is 0.224 e. The summed E-state index contributed by atoms with van der Waals surface area (Å²) in [6.45, 7) is 2.08. The molecule has 2 unspecified atom stereocenters. The minimum Gasteiger partial charge on any atom is -0.409 e. The highest BCUT2D eigenvalue weighted by Gasteiger charge is 2.44. The first-order valence-electron chi connectivity index (χ1n) is 6.89. The van der Waals surface area contributed by atoms with Crippen LogP contribution in [0.15, 0.2) is 5.16 Å². The summed E-state index contributed by atoms with van der Waals surface area (Å²) in [5, 5.41) is 15.2. The number of hydrogen-bond donors (Lipinski definition) is 3. The molecule has 102 valence electrons. The Balaban J connectivity index is 2.10. The van der Waals surface area contributed by atoms with E-state index < -0.39 is 5.54 Å². The van der Waals surface area contributed by atoms with Crippen LogP contribution in [0.4, 0.5) is 0 Å². The van der Waals surface area contributed by atoms with Gasteiger partial charge in [0.2, 0.25) is 5.91 Å². The van der Waals surface area contributed by atoms with Crippen LogP contribution in [0.5, 0.6) is 0 Å². The molecule has 1 amide bonds. The summed E-state index contributed by atoms with van der Waals surface area (Å²) in [6, 6.07) is 0.